The third-order valence-electron chi connectivity index (χ3n) is 8.19. The normalized spacial score (nSPS) is 15.2. The number of aromatic nitrogens is 1. The number of aliphatic hydroxyl groups is 1. The maximum absolute atomic E-state index is 13.0. The molecule has 1 saturated heterocycles. The van der Waals surface area contributed by atoms with Gasteiger partial charge < -0.3 is 33.5 Å². The van der Waals surface area contributed by atoms with Gasteiger partial charge in [0.15, 0.2) is 0 Å². The van der Waals surface area contributed by atoms with Crippen molar-refractivity contribution in [3.8, 4) is 17.6 Å². The predicted molar refractivity (Wildman–Crippen MR) is 180 cm³/mol. The largest absolute Gasteiger partial charge is 0.495 e. The van der Waals surface area contributed by atoms with E-state index in [0.717, 1.165) is 16.6 Å². The van der Waals surface area contributed by atoms with Crippen LogP contribution in [0.5, 0.6) is 11.5 Å². The molecule has 47 heavy (non-hydrogen) atoms. The maximum Gasteiger partial charge on any atom is 0.495 e. The van der Waals surface area contributed by atoms with Gasteiger partial charge in [-0.25, -0.2) is 4.79 Å². The Bertz CT molecular complexity index is 1620. The zero-order chi connectivity index (χ0) is 34.6. The van der Waals surface area contributed by atoms with Gasteiger partial charge in [0, 0.05) is 36.1 Å². The van der Waals surface area contributed by atoms with E-state index in [1.54, 1.807) is 45.2 Å². The van der Waals surface area contributed by atoms with Gasteiger partial charge in [0.1, 0.15) is 36.4 Å². The molecule has 1 fully saturated rings. The van der Waals surface area contributed by atoms with Crippen LogP contribution in [0, 0.1) is 18.3 Å². The number of hydrogen-bond acceptors (Lipinski definition) is 9. The predicted octanol–water partition coefficient (Wildman–Crippen LogP) is 6.10. The van der Waals surface area contributed by atoms with Gasteiger partial charge >= 0.3 is 13.2 Å². The van der Waals surface area contributed by atoms with Crippen LogP contribution in [-0.2, 0) is 33.8 Å². The van der Waals surface area contributed by atoms with Crippen molar-refractivity contribution in [1.29, 1.82) is 5.26 Å². The van der Waals surface area contributed by atoms with Crippen LogP contribution < -0.4 is 14.9 Å². The first-order valence-corrected chi connectivity index (χ1v) is 15.9. The molecule has 0 saturated carbocycles. The van der Waals surface area contributed by atoms with Crippen molar-refractivity contribution in [3.63, 3.8) is 0 Å². The minimum Gasteiger partial charge on any atom is -0.488 e. The SMILES string of the molecule is Cc1c(COc2cc(OCc3cncc(C#N)c3)c(CN(CCO)C(=O)OC(C)(C)C)cc2Cl)cccc1B1OC(C)(C)C(C)(C)O1. The van der Waals surface area contributed by atoms with Gasteiger partial charge in [0.05, 0.1) is 34.9 Å². The van der Waals surface area contributed by atoms with E-state index in [1.165, 1.54) is 11.1 Å². The number of aliphatic hydroxyl groups excluding tert-OH is 1. The number of ether oxygens (including phenoxy) is 3. The zero-order valence-electron chi connectivity index (χ0n) is 28.3. The summed E-state index contributed by atoms with van der Waals surface area (Å²) in [5.74, 6) is 0.779. The highest BCUT2D eigenvalue weighted by atomic mass is 35.5. The maximum atomic E-state index is 13.0. The van der Waals surface area contributed by atoms with Crippen LogP contribution >= 0.6 is 11.6 Å². The lowest BCUT2D eigenvalue weighted by molar-refractivity contribution is 0.00578. The summed E-state index contributed by atoms with van der Waals surface area (Å²) in [4.78, 5) is 18.5. The van der Waals surface area contributed by atoms with E-state index in [0.29, 0.717) is 33.2 Å². The molecule has 0 atom stereocenters. The van der Waals surface area contributed by atoms with Crippen molar-refractivity contribution in [1.82, 2.24) is 9.88 Å². The highest BCUT2D eigenvalue weighted by molar-refractivity contribution is 6.62. The number of hydrogen-bond donors (Lipinski definition) is 1. The Morgan fingerprint density at radius 2 is 1.72 bits per heavy atom. The van der Waals surface area contributed by atoms with Gasteiger partial charge in [0.25, 0.3) is 0 Å². The minimum atomic E-state index is -0.726. The Labute approximate surface area is 282 Å². The fourth-order valence-electron chi connectivity index (χ4n) is 4.86. The lowest BCUT2D eigenvalue weighted by Gasteiger charge is -2.32. The molecule has 1 amide bonds. The Balaban J connectivity index is 1.61. The van der Waals surface area contributed by atoms with Gasteiger partial charge in [-0.2, -0.15) is 5.26 Å². The summed E-state index contributed by atoms with van der Waals surface area (Å²) in [6.07, 6.45) is 2.50. The number of rotatable bonds is 11. The first-order chi connectivity index (χ1) is 22.0. The number of carbonyl (C=O) groups excluding carboxylic acids is 1. The molecule has 1 N–H and O–H groups in total. The standard InChI is InChI=1S/C35H43BClN3O7/c1-23-26(10-9-11-28(23)36-46-34(5,6)35(7,8)47-36)22-44-31-16-30(43-21-25-14-24(17-38)18-39-19-25)27(15-29(31)37)20-40(12-13-41)32(42)45-33(2,3)4/h9-11,14-16,18-19,41H,12-13,20-22H2,1-8H3. The monoisotopic (exact) mass is 663 g/mol. The fraction of sp³-hybridized carbons (Fsp3) is 0.457. The number of benzene rings is 2. The summed E-state index contributed by atoms with van der Waals surface area (Å²) < 4.78 is 30.6. The number of amides is 1. The highest BCUT2D eigenvalue weighted by Crippen LogP contribution is 2.37. The number of halogens is 1. The van der Waals surface area contributed by atoms with Crippen LogP contribution in [0.3, 0.4) is 0 Å². The van der Waals surface area contributed by atoms with Gasteiger partial charge in [0.2, 0.25) is 0 Å². The van der Waals surface area contributed by atoms with Crippen molar-refractivity contribution in [2.24, 2.45) is 0 Å². The molecule has 2 heterocycles. The molecule has 0 unspecified atom stereocenters. The molecule has 12 heteroatoms. The first kappa shape index (κ1) is 36.0. The molecule has 0 spiro atoms. The average molecular weight is 664 g/mol. The molecule has 10 nitrogen and oxygen atoms in total. The molecule has 4 rings (SSSR count). The van der Waals surface area contributed by atoms with Gasteiger partial charge in [-0.05, 0) is 84.1 Å². The third-order valence-corrected chi connectivity index (χ3v) is 8.49. The number of carbonyl (C=O) groups is 1. The summed E-state index contributed by atoms with van der Waals surface area (Å²) in [7, 11) is -0.510. The van der Waals surface area contributed by atoms with E-state index in [2.05, 4.69) is 11.1 Å². The molecular weight excluding hydrogens is 621 g/mol. The lowest BCUT2D eigenvalue weighted by atomic mass is 9.75. The third kappa shape index (κ3) is 8.96. The van der Waals surface area contributed by atoms with Crippen molar-refractivity contribution >= 4 is 30.3 Å². The second-order valence-electron chi connectivity index (χ2n) is 13.5. The Kier molecular flexibility index (Phi) is 11.1. The van der Waals surface area contributed by atoms with Crippen molar-refractivity contribution < 1.29 is 33.4 Å². The van der Waals surface area contributed by atoms with Crippen LogP contribution in [0.25, 0.3) is 0 Å². The van der Waals surface area contributed by atoms with Crippen LogP contribution in [0.1, 0.15) is 76.3 Å². The van der Waals surface area contributed by atoms with Gasteiger partial charge in [-0.1, -0.05) is 29.8 Å². The molecule has 0 bridgehead atoms. The Morgan fingerprint density at radius 1 is 1.04 bits per heavy atom. The second-order valence-corrected chi connectivity index (χ2v) is 13.9. The van der Waals surface area contributed by atoms with Crippen molar-refractivity contribution in [2.75, 3.05) is 13.2 Å². The van der Waals surface area contributed by atoms with Gasteiger partial charge in [-0.3, -0.25) is 4.98 Å². The quantitative estimate of drug-likeness (QED) is 0.242. The smallest absolute Gasteiger partial charge is 0.488 e. The van der Waals surface area contributed by atoms with E-state index in [1.807, 2.05) is 52.8 Å². The van der Waals surface area contributed by atoms with Crippen molar-refractivity contribution in [3.05, 3.63) is 81.6 Å². The van der Waals surface area contributed by atoms with Crippen LogP contribution in [0.4, 0.5) is 4.79 Å². The van der Waals surface area contributed by atoms with Gasteiger partial charge in [-0.15, -0.1) is 0 Å². The summed E-state index contributed by atoms with van der Waals surface area (Å²) in [6, 6.07) is 13.0. The molecular formula is C35H43BClN3O7. The molecule has 250 valence electrons. The summed E-state index contributed by atoms with van der Waals surface area (Å²) in [6.45, 7) is 15.5. The van der Waals surface area contributed by atoms with Crippen LogP contribution in [-0.4, -0.2) is 58.2 Å². The summed E-state index contributed by atoms with van der Waals surface area (Å²) in [5, 5.41) is 19.3. The minimum absolute atomic E-state index is 0.0385. The van der Waals surface area contributed by atoms with E-state index < -0.39 is 30.0 Å². The molecule has 1 aliphatic heterocycles. The van der Waals surface area contributed by atoms with E-state index in [-0.39, 0.29) is 32.9 Å². The molecule has 0 aliphatic carbocycles. The first-order valence-electron chi connectivity index (χ1n) is 15.5. The number of nitrogens with zero attached hydrogens (tertiary/aromatic N) is 3. The van der Waals surface area contributed by atoms with E-state index in [4.69, 9.17) is 35.1 Å². The highest BCUT2D eigenvalue weighted by Gasteiger charge is 2.52. The van der Waals surface area contributed by atoms with E-state index >= 15 is 0 Å². The average Bonchev–Trinajstić information content (AvgIpc) is 3.21. The number of nitriles is 1. The Hall–Kier alpha value is -3.82. The molecule has 0 radical (unpaired) electrons. The fourth-order valence-corrected chi connectivity index (χ4v) is 5.10. The van der Waals surface area contributed by atoms with E-state index in [9.17, 15) is 15.2 Å². The summed E-state index contributed by atoms with van der Waals surface area (Å²) in [5.41, 5.74) is 2.84. The second kappa shape index (κ2) is 14.5. The molecule has 3 aromatic rings. The summed E-state index contributed by atoms with van der Waals surface area (Å²) >= 11 is 6.76. The number of pyridine rings is 1. The van der Waals surface area contributed by atoms with Crippen LogP contribution in [0.2, 0.25) is 5.02 Å². The molecule has 1 aliphatic rings. The Morgan fingerprint density at radius 3 is 2.36 bits per heavy atom. The lowest BCUT2D eigenvalue weighted by Crippen LogP contribution is -2.41. The van der Waals surface area contributed by atoms with Crippen molar-refractivity contribution in [2.45, 2.75) is 92.0 Å². The topological polar surface area (TPSA) is 123 Å². The molecule has 2 aromatic carbocycles. The zero-order valence-corrected chi connectivity index (χ0v) is 29.1. The van der Waals surface area contributed by atoms with Crippen LogP contribution in [0.15, 0.2) is 48.8 Å². The molecule has 1 aromatic heterocycles.